The molecule has 0 N–H and O–H groups in total. The number of aryl methyl sites for hydroxylation is 6. The molecular weight excluding hydrogens is 865 g/mol. The van der Waals surface area contributed by atoms with Gasteiger partial charge in [-0.25, -0.2) is 0 Å². The zero-order valence-corrected chi connectivity index (χ0v) is 45.2. The summed E-state index contributed by atoms with van der Waals surface area (Å²) < 4.78 is 0. The minimum absolute atomic E-state index is 0.214. The topological polar surface area (TPSA) is 0 Å². The molecule has 370 valence electrons. The van der Waals surface area contributed by atoms with Crippen LogP contribution in [0.15, 0.2) is 235 Å². The highest BCUT2D eigenvalue weighted by atomic mass is 14.3. The van der Waals surface area contributed by atoms with Gasteiger partial charge in [-0.3, -0.25) is 0 Å². The zero-order chi connectivity index (χ0) is 51.1. The molecule has 0 aliphatic heterocycles. The van der Waals surface area contributed by atoms with Crippen molar-refractivity contribution in [2.75, 3.05) is 0 Å². The Hall–Kier alpha value is -6.76. The van der Waals surface area contributed by atoms with Gasteiger partial charge in [0.2, 0.25) is 0 Å². The van der Waals surface area contributed by atoms with Gasteiger partial charge >= 0.3 is 0 Å². The maximum Gasteiger partial charge on any atom is 0.0340 e. The average molecular weight is 947 g/mol. The minimum atomic E-state index is 0.214. The lowest BCUT2D eigenvalue weighted by Crippen LogP contribution is -2.12. The van der Waals surface area contributed by atoms with E-state index in [0.29, 0.717) is 11.8 Å². The summed E-state index contributed by atoms with van der Waals surface area (Å²) in [7, 11) is 0. The van der Waals surface area contributed by atoms with Crippen LogP contribution in [0.25, 0.3) is 22.3 Å². The van der Waals surface area contributed by atoms with Crippen LogP contribution in [-0.4, -0.2) is 0 Å². The van der Waals surface area contributed by atoms with Crippen molar-refractivity contribution in [3.05, 3.63) is 285 Å². The lowest BCUT2D eigenvalue weighted by atomic mass is 9.77. The molecule has 72 heavy (non-hydrogen) atoms. The summed E-state index contributed by atoms with van der Waals surface area (Å²) in [5, 5.41) is 0. The van der Waals surface area contributed by atoms with Crippen LogP contribution in [0.1, 0.15) is 136 Å². The summed E-state index contributed by atoms with van der Waals surface area (Å²) in [6, 6.07) is 63.7. The van der Waals surface area contributed by atoms with Crippen LogP contribution in [0.5, 0.6) is 0 Å². The molecule has 0 bridgehead atoms. The van der Waals surface area contributed by atoms with Gasteiger partial charge < -0.3 is 0 Å². The molecule has 0 spiro atoms. The lowest BCUT2D eigenvalue weighted by Gasteiger charge is -2.27. The molecule has 2 aliphatic rings. The van der Waals surface area contributed by atoms with Crippen LogP contribution in [0, 0.1) is 26.7 Å². The smallest absolute Gasteiger partial charge is 0.0340 e. The standard InChI is InChI=1S/C32H34.C25H30.C8H10.C7H8/c1-5-11-26-12-9-10-15-30(26)31-22-29(19-17-25(31)4)32(27-13-7-6-8-14-27)28-18-16-23(2)20-24(3)21-28;1-4-11-20-16-17-24(22(5-2)21-13-7-6-8-14-21)25(18-20)23-15-10-9-12-19(23)3;1-2-8-6-4-3-5-7-8;1-7-5-3-2-4-6-7/h6-10,12-19,21-22,32H,5,11,20H2,1-4H3;6-10,12-13,15-18,21-22H,4-5,11,14H2,1-3H3;3-7H,2H2,1H3;2-6H,1H3. The van der Waals surface area contributed by atoms with Gasteiger partial charge in [-0.15, -0.1) is 0 Å². The summed E-state index contributed by atoms with van der Waals surface area (Å²) in [5.74, 6) is 1.40. The monoisotopic (exact) mass is 947 g/mol. The van der Waals surface area contributed by atoms with E-state index < -0.39 is 0 Å². The first kappa shape index (κ1) is 54.6. The normalized spacial score (nSPS) is 14.6. The molecule has 0 nitrogen and oxygen atoms in total. The molecule has 0 heteroatoms. The van der Waals surface area contributed by atoms with Crippen molar-refractivity contribution in [1.29, 1.82) is 0 Å². The van der Waals surface area contributed by atoms with Crippen molar-refractivity contribution < 1.29 is 0 Å². The Morgan fingerprint density at radius 3 is 1.74 bits per heavy atom. The van der Waals surface area contributed by atoms with Gasteiger partial charge in [0.15, 0.2) is 0 Å². The summed E-state index contributed by atoms with van der Waals surface area (Å²) >= 11 is 0. The maximum atomic E-state index is 2.45. The zero-order valence-electron chi connectivity index (χ0n) is 45.2. The van der Waals surface area contributed by atoms with Crippen molar-refractivity contribution in [2.24, 2.45) is 5.92 Å². The van der Waals surface area contributed by atoms with Crippen LogP contribution in [0.4, 0.5) is 0 Å². The van der Waals surface area contributed by atoms with Crippen molar-refractivity contribution in [3.63, 3.8) is 0 Å². The van der Waals surface area contributed by atoms with E-state index in [2.05, 4.69) is 257 Å². The van der Waals surface area contributed by atoms with Crippen LogP contribution in [-0.2, 0) is 19.3 Å². The van der Waals surface area contributed by atoms with Gasteiger partial charge in [0, 0.05) is 5.92 Å². The van der Waals surface area contributed by atoms with Crippen LogP contribution >= 0.6 is 0 Å². The molecule has 7 aromatic rings. The molecule has 3 atom stereocenters. The van der Waals surface area contributed by atoms with Gasteiger partial charge in [-0.1, -0.05) is 270 Å². The molecule has 0 fully saturated rings. The predicted molar refractivity (Wildman–Crippen MR) is 316 cm³/mol. The lowest BCUT2D eigenvalue weighted by molar-refractivity contribution is 0.495. The van der Waals surface area contributed by atoms with Gasteiger partial charge in [-0.05, 0) is 163 Å². The number of allylic oxidation sites excluding steroid dienone is 10. The molecule has 3 unspecified atom stereocenters. The first-order chi connectivity index (χ1) is 35.1. The first-order valence-corrected chi connectivity index (χ1v) is 27.0. The van der Waals surface area contributed by atoms with E-state index in [-0.39, 0.29) is 5.92 Å². The molecule has 0 saturated carbocycles. The number of hydrogen-bond donors (Lipinski definition) is 0. The molecule has 9 rings (SSSR count). The molecule has 2 aliphatic carbocycles. The number of rotatable bonds is 13. The van der Waals surface area contributed by atoms with E-state index in [4.69, 9.17) is 0 Å². The molecule has 0 amide bonds. The third-order valence-corrected chi connectivity index (χ3v) is 14.1. The minimum Gasteiger partial charge on any atom is -0.0839 e. The Bertz CT molecular complexity index is 2880. The maximum absolute atomic E-state index is 2.45. The van der Waals surface area contributed by atoms with E-state index in [1.807, 2.05) is 24.3 Å². The van der Waals surface area contributed by atoms with Crippen molar-refractivity contribution in [2.45, 2.75) is 126 Å². The molecule has 0 aromatic heterocycles. The third-order valence-electron chi connectivity index (χ3n) is 14.1. The van der Waals surface area contributed by atoms with E-state index in [1.165, 1.54) is 102 Å². The van der Waals surface area contributed by atoms with Crippen molar-refractivity contribution in [1.82, 2.24) is 0 Å². The third kappa shape index (κ3) is 15.9. The Kier molecular flexibility index (Phi) is 21.9. The predicted octanol–water partition coefficient (Wildman–Crippen LogP) is 20.5. The Labute approximate surface area is 436 Å². The van der Waals surface area contributed by atoms with Gasteiger partial charge in [-0.2, -0.15) is 0 Å². The fourth-order valence-electron chi connectivity index (χ4n) is 10.3. The second-order valence-electron chi connectivity index (χ2n) is 19.9. The molecule has 7 aromatic carbocycles. The van der Waals surface area contributed by atoms with E-state index in [0.717, 1.165) is 38.5 Å². The highest BCUT2D eigenvalue weighted by Crippen LogP contribution is 2.41. The van der Waals surface area contributed by atoms with E-state index in [1.54, 1.807) is 0 Å². The summed E-state index contributed by atoms with van der Waals surface area (Å²) in [6.45, 7) is 20.0. The largest absolute Gasteiger partial charge is 0.0839 e. The van der Waals surface area contributed by atoms with Gasteiger partial charge in [0.1, 0.15) is 0 Å². The Balaban J connectivity index is 0.000000185. The first-order valence-electron chi connectivity index (χ1n) is 27.0. The second-order valence-corrected chi connectivity index (χ2v) is 19.9. The van der Waals surface area contributed by atoms with Crippen LogP contribution < -0.4 is 0 Å². The Morgan fingerprint density at radius 2 is 1.12 bits per heavy atom. The fourth-order valence-corrected chi connectivity index (χ4v) is 10.3. The number of hydrogen-bond acceptors (Lipinski definition) is 0. The fraction of sp³-hybridized carbons (Fsp3) is 0.278. The SMILES string of the molecule is CCCc1ccc(C(CC)C2C=CC=CC2)c(-c2ccccc2C)c1.CCCc1ccccc1-c1cc(C(C2=CC=C(C)CC(C)=C2)c2ccccc2)ccc1C.CCc1ccccc1.Cc1ccccc1. The molecule has 0 saturated heterocycles. The van der Waals surface area contributed by atoms with Crippen molar-refractivity contribution in [3.8, 4) is 22.3 Å². The molecule has 0 heterocycles. The number of benzene rings is 7. The van der Waals surface area contributed by atoms with E-state index >= 15 is 0 Å². The van der Waals surface area contributed by atoms with Crippen LogP contribution in [0.3, 0.4) is 0 Å². The average Bonchev–Trinajstić information content (AvgIpc) is 3.58. The quantitative estimate of drug-likeness (QED) is 0.108. The van der Waals surface area contributed by atoms with Crippen LogP contribution in [0.2, 0.25) is 0 Å². The van der Waals surface area contributed by atoms with Gasteiger partial charge in [0.25, 0.3) is 0 Å². The summed E-state index contributed by atoms with van der Waals surface area (Å²) in [6.07, 6.45) is 25.3. The van der Waals surface area contributed by atoms with Crippen molar-refractivity contribution >= 4 is 0 Å². The highest BCUT2D eigenvalue weighted by Gasteiger charge is 2.24. The Morgan fingerprint density at radius 1 is 0.486 bits per heavy atom. The summed E-state index contributed by atoms with van der Waals surface area (Å²) in [5.41, 5.74) is 22.3. The second kappa shape index (κ2) is 28.9. The highest BCUT2D eigenvalue weighted by molar-refractivity contribution is 5.73. The molecular formula is C72H82. The summed E-state index contributed by atoms with van der Waals surface area (Å²) in [4.78, 5) is 0. The molecule has 0 radical (unpaired) electrons. The van der Waals surface area contributed by atoms with E-state index in [9.17, 15) is 0 Å². The van der Waals surface area contributed by atoms with Gasteiger partial charge in [0.05, 0.1) is 0 Å².